The van der Waals surface area contributed by atoms with Crippen molar-refractivity contribution in [1.82, 2.24) is 14.1 Å². The molecule has 0 radical (unpaired) electrons. The molecule has 0 N–H and O–H groups in total. The van der Waals surface area contributed by atoms with Crippen LogP contribution in [0.1, 0.15) is 25.8 Å². The normalized spacial score (nSPS) is 22.2. The Morgan fingerprint density at radius 3 is 2.49 bits per heavy atom. The van der Waals surface area contributed by atoms with Crippen molar-refractivity contribution in [3.8, 4) is 5.75 Å². The zero-order valence-electron chi connectivity index (χ0n) is 20.1. The number of sulfonamides is 1. The highest BCUT2D eigenvalue weighted by Gasteiger charge is 2.45. The molecule has 190 valence electrons. The molecule has 11 heteroatoms. The van der Waals surface area contributed by atoms with E-state index in [1.165, 1.54) is 25.3 Å². The Hall–Kier alpha value is -2.24. The van der Waals surface area contributed by atoms with E-state index >= 15 is 0 Å². The monoisotopic (exact) mass is 522 g/mol. The molecule has 2 aromatic rings. The minimum Gasteiger partial charge on any atom is -0.495 e. The van der Waals surface area contributed by atoms with E-state index in [4.69, 9.17) is 16.3 Å². The molecule has 2 atom stereocenters. The highest BCUT2D eigenvalue weighted by molar-refractivity contribution is 7.89. The van der Waals surface area contributed by atoms with Crippen LogP contribution in [-0.4, -0.2) is 79.0 Å². The fourth-order valence-electron chi connectivity index (χ4n) is 5.04. The number of non-ortho nitro benzene ring substituents is 1. The lowest BCUT2D eigenvalue weighted by Gasteiger charge is -2.53. The Labute approximate surface area is 211 Å². The number of hydrogen-bond acceptors (Lipinski definition) is 7. The highest BCUT2D eigenvalue weighted by atomic mass is 35.5. The lowest BCUT2D eigenvalue weighted by molar-refractivity contribution is -0.384. The number of piperazine rings is 1. The van der Waals surface area contributed by atoms with E-state index in [0.717, 1.165) is 18.7 Å². The van der Waals surface area contributed by atoms with Gasteiger partial charge < -0.3 is 4.74 Å². The molecule has 4 rings (SSSR count). The second-order valence-electron chi connectivity index (χ2n) is 9.31. The molecule has 2 heterocycles. The number of rotatable bonds is 7. The zero-order valence-corrected chi connectivity index (χ0v) is 21.7. The first-order chi connectivity index (χ1) is 16.6. The molecule has 2 unspecified atom stereocenters. The molecule has 2 fully saturated rings. The van der Waals surface area contributed by atoms with Crippen LogP contribution in [0.2, 0.25) is 5.02 Å². The van der Waals surface area contributed by atoms with Crippen molar-refractivity contribution >= 4 is 27.3 Å². The summed E-state index contributed by atoms with van der Waals surface area (Å²) in [4.78, 5) is 15.3. The Morgan fingerprint density at radius 2 is 1.86 bits per heavy atom. The van der Waals surface area contributed by atoms with Crippen molar-refractivity contribution in [2.45, 2.75) is 49.8 Å². The molecule has 2 aliphatic rings. The Balaban J connectivity index is 1.67. The zero-order chi connectivity index (χ0) is 25.3. The lowest BCUT2D eigenvalue weighted by Crippen LogP contribution is -2.68. The Bertz CT molecular complexity index is 1170. The molecule has 2 saturated heterocycles. The molecular formula is C24H31ClN4O5S. The molecule has 9 nitrogen and oxygen atoms in total. The van der Waals surface area contributed by atoms with Gasteiger partial charge in [-0.15, -0.1) is 0 Å². The summed E-state index contributed by atoms with van der Waals surface area (Å²) >= 11 is 6.17. The fourth-order valence-corrected chi connectivity index (χ4v) is 7.09. The summed E-state index contributed by atoms with van der Waals surface area (Å²) in [5.41, 5.74) is 1.05. The average molecular weight is 523 g/mol. The number of ether oxygens (including phenoxy) is 1. The number of hydrogen-bond donors (Lipinski definition) is 0. The van der Waals surface area contributed by atoms with Gasteiger partial charge in [0.15, 0.2) is 0 Å². The molecule has 0 saturated carbocycles. The quantitative estimate of drug-likeness (QED) is 0.405. The van der Waals surface area contributed by atoms with E-state index < -0.39 is 14.9 Å². The number of methoxy groups -OCH3 is 1. The number of halogens is 1. The standard InChI is InChI=1S/C24H31ClN4O5S/c1-17(2)26-15-21(13-18-5-8-20(9-6-18)29(30)31)27-11-4-12-28(24(27)16-26)35(32,33)23-14-19(25)7-10-22(23)34-3/h5-10,14,17,21,24H,4,11-13,15-16H2,1-3H3. The Kier molecular flexibility index (Phi) is 7.68. The summed E-state index contributed by atoms with van der Waals surface area (Å²) in [6, 6.07) is 11.6. The molecular weight excluding hydrogens is 492 g/mol. The van der Waals surface area contributed by atoms with Gasteiger partial charge in [0, 0.05) is 55.4 Å². The third-order valence-corrected chi connectivity index (χ3v) is 9.04. The third kappa shape index (κ3) is 5.31. The fraction of sp³-hybridized carbons (Fsp3) is 0.500. The molecule has 0 amide bonds. The summed E-state index contributed by atoms with van der Waals surface area (Å²) in [6.45, 7) is 6.80. The van der Waals surface area contributed by atoms with Crippen LogP contribution in [0, 0.1) is 10.1 Å². The lowest BCUT2D eigenvalue weighted by atomic mass is 9.98. The van der Waals surface area contributed by atoms with Crippen LogP contribution in [0.25, 0.3) is 0 Å². The van der Waals surface area contributed by atoms with Crippen LogP contribution in [0.15, 0.2) is 47.4 Å². The van der Waals surface area contributed by atoms with E-state index in [9.17, 15) is 18.5 Å². The maximum absolute atomic E-state index is 13.9. The highest BCUT2D eigenvalue weighted by Crippen LogP contribution is 2.35. The summed E-state index contributed by atoms with van der Waals surface area (Å²) in [5.74, 6) is 0.269. The molecule has 2 aliphatic heterocycles. The summed E-state index contributed by atoms with van der Waals surface area (Å²) < 4.78 is 34.7. The van der Waals surface area contributed by atoms with Crippen molar-refractivity contribution in [3.63, 3.8) is 0 Å². The van der Waals surface area contributed by atoms with E-state index in [1.54, 1.807) is 28.6 Å². The number of fused-ring (bicyclic) bond motifs is 1. The van der Waals surface area contributed by atoms with E-state index in [1.807, 2.05) is 0 Å². The van der Waals surface area contributed by atoms with E-state index in [0.29, 0.717) is 31.0 Å². The predicted octanol–water partition coefficient (Wildman–Crippen LogP) is 3.61. The van der Waals surface area contributed by atoms with Crippen molar-refractivity contribution in [1.29, 1.82) is 0 Å². The van der Waals surface area contributed by atoms with Gasteiger partial charge in [0.2, 0.25) is 10.0 Å². The van der Waals surface area contributed by atoms with Crippen LogP contribution < -0.4 is 4.74 Å². The van der Waals surface area contributed by atoms with E-state index in [-0.39, 0.29) is 34.6 Å². The second-order valence-corrected chi connectivity index (χ2v) is 11.6. The molecule has 2 aromatic carbocycles. The number of nitrogens with zero attached hydrogens (tertiary/aromatic N) is 4. The van der Waals surface area contributed by atoms with Gasteiger partial charge in [-0.05, 0) is 50.5 Å². The van der Waals surface area contributed by atoms with Crippen molar-refractivity contribution in [2.75, 3.05) is 33.3 Å². The molecule has 0 aliphatic carbocycles. The van der Waals surface area contributed by atoms with Crippen LogP contribution in [0.5, 0.6) is 5.75 Å². The van der Waals surface area contributed by atoms with Gasteiger partial charge in [-0.1, -0.05) is 23.7 Å². The molecule has 0 spiro atoms. The first-order valence-electron chi connectivity index (χ1n) is 11.7. The van der Waals surface area contributed by atoms with Gasteiger partial charge in [0.25, 0.3) is 5.69 Å². The Morgan fingerprint density at radius 1 is 1.14 bits per heavy atom. The van der Waals surface area contributed by atoms with Crippen LogP contribution in [0.3, 0.4) is 0 Å². The number of benzene rings is 2. The van der Waals surface area contributed by atoms with Gasteiger partial charge >= 0.3 is 0 Å². The average Bonchev–Trinajstić information content (AvgIpc) is 2.83. The van der Waals surface area contributed by atoms with E-state index in [2.05, 4.69) is 23.6 Å². The van der Waals surface area contributed by atoms with Crippen molar-refractivity contribution in [3.05, 3.63) is 63.2 Å². The minimum atomic E-state index is -3.88. The van der Waals surface area contributed by atoms with Gasteiger partial charge in [0.1, 0.15) is 10.6 Å². The molecule has 0 aromatic heterocycles. The first kappa shape index (κ1) is 25.8. The number of nitro benzene ring substituents is 1. The van der Waals surface area contributed by atoms with Crippen LogP contribution >= 0.6 is 11.6 Å². The second kappa shape index (κ2) is 10.4. The van der Waals surface area contributed by atoms with Gasteiger partial charge in [-0.3, -0.25) is 19.9 Å². The third-order valence-electron chi connectivity index (χ3n) is 6.88. The largest absolute Gasteiger partial charge is 0.495 e. The van der Waals surface area contributed by atoms with Crippen LogP contribution in [-0.2, 0) is 16.4 Å². The molecule has 0 bridgehead atoms. The summed E-state index contributed by atoms with van der Waals surface area (Å²) in [5, 5.41) is 11.4. The van der Waals surface area contributed by atoms with Crippen LogP contribution in [0.4, 0.5) is 5.69 Å². The summed E-state index contributed by atoms with van der Waals surface area (Å²) in [7, 11) is -2.43. The molecule has 35 heavy (non-hydrogen) atoms. The van der Waals surface area contributed by atoms with Crippen molar-refractivity contribution < 1.29 is 18.1 Å². The van der Waals surface area contributed by atoms with Crippen molar-refractivity contribution in [2.24, 2.45) is 0 Å². The smallest absolute Gasteiger partial charge is 0.269 e. The topological polar surface area (TPSA) is 96.2 Å². The summed E-state index contributed by atoms with van der Waals surface area (Å²) in [6.07, 6.45) is 1.04. The number of nitro groups is 1. The van der Waals surface area contributed by atoms with Gasteiger partial charge in [0.05, 0.1) is 18.2 Å². The maximum Gasteiger partial charge on any atom is 0.269 e. The predicted molar refractivity (Wildman–Crippen MR) is 134 cm³/mol. The van der Waals surface area contributed by atoms with Gasteiger partial charge in [-0.2, -0.15) is 4.31 Å². The minimum absolute atomic E-state index is 0.0600. The van der Waals surface area contributed by atoms with Gasteiger partial charge in [-0.25, -0.2) is 8.42 Å². The first-order valence-corrected chi connectivity index (χ1v) is 13.5. The SMILES string of the molecule is COc1ccc(Cl)cc1S(=O)(=O)N1CCCN2C(Cc3ccc([N+](=O)[O-])cc3)CN(C(C)C)CC21. The maximum atomic E-state index is 13.9.